The summed E-state index contributed by atoms with van der Waals surface area (Å²) in [6, 6.07) is 0.592. The molecular formula is C10H18N2O2. The van der Waals surface area contributed by atoms with Crippen LogP contribution in [0, 0.1) is 0 Å². The molecule has 2 fully saturated rings. The van der Waals surface area contributed by atoms with Crippen LogP contribution in [-0.2, 0) is 4.79 Å². The molecule has 1 heterocycles. The van der Waals surface area contributed by atoms with Gasteiger partial charge < -0.3 is 15.3 Å². The van der Waals surface area contributed by atoms with Crippen molar-refractivity contribution in [3.63, 3.8) is 0 Å². The molecule has 0 bridgehead atoms. The Kier molecular flexibility index (Phi) is 2.74. The van der Waals surface area contributed by atoms with E-state index in [2.05, 4.69) is 5.32 Å². The van der Waals surface area contributed by atoms with E-state index in [-0.39, 0.29) is 18.1 Å². The van der Waals surface area contributed by atoms with Crippen LogP contribution >= 0.6 is 0 Å². The van der Waals surface area contributed by atoms with Gasteiger partial charge in [0.2, 0.25) is 5.91 Å². The standard InChI is InChI=1S/C10H18N2O2/c1-12-7(2-5-10(12)14)6-11-8-3-4-9(8)13/h7-9,11,13H,2-6H2,1H3. The molecule has 1 saturated carbocycles. The number of hydrogen-bond acceptors (Lipinski definition) is 3. The molecule has 1 saturated heterocycles. The summed E-state index contributed by atoms with van der Waals surface area (Å²) >= 11 is 0. The van der Waals surface area contributed by atoms with E-state index in [9.17, 15) is 9.90 Å². The quantitative estimate of drug-likeness (QED) is 0.656. The lowest BCUT2D eigenvalue weighted by Crippen LogP contribution is -2.51. The summed E-state index contributed by atoms with van der Waals surface area (Å²) in [4.78, 5) is 13.0. The molecule has 0 spiro atoms. The monoisotopic (exact) mass is 198 g/mol. The molecule has 3 unspecified atom stereocenters. The van der Waals surface area contributed by atoms with E-state index in [1.165, 1.54) is 0 Å². The molecule has 1 aliphatic carbocycles. The molecule has 4 heteroatoms. The zero-order valence-electron chi connectivity index (χ0n) is 8.57. The highest BCUT2D eigenvalue weighted by atomic mass is 16.3. The third-order valence-electron chi connectivity index (χ3n) is 3.49. The molecule has 80 valence electrons. The summed E-state index contributed by atoms with van der Waals surface area (Å²) in [5.41, 5.74) is 0. The number of carbonyl (C=O) groups is 1. The summed E-state index contributed by atoms with van der Waals surface area (Å²) in [7, 11) is 1.86. The van der Waals surface area contributed by atoms with Crippen molar-refractivity contribution < 1.29 is 9.90 Å². The van der Waals surface area contributed by atoms with Crippen molar-refractivity contribution in [2.24, 2.45) is 0 Å². The predicted molar refractivity (Wildman–Crippen MR) is 52.8 cm³/mol. The van der Waals surface area contributed by atoms with Crippen molar-refractivity contribution in [3.8, 4) is 0 Å². The van der Waals surface area contributed by atoms with Gasteiger partial charge >= 0.3 is 0 Å². The zero-order valence-corrected chi connectivity index (χ0v) is 8.57. The van der Waals surface area contributed by atoms with Crippen LogP contribution in [0.1, 0.15) is 25.7 Å². The zero-order chi connectivity index (χ0) is 10.1. The van der Waals surface area contributed by atoms with Gasteiger partial charge in [-0.25, -0.2) is 0 Å². The molecule has 2 aliphatic rings. The maximum absolute atomic E-state index is 11.2. The van der Waals surface area contributed by atoms with Crippen LogP contribution < -0.4 is 5.32 Å². The number of carbonyl (C=O) groups excluding carboxylic acids is 1. The molecule has 2 N–H and O–H groups in total. The Labute approximate surface area is 84.3 Å². The summed E-state index contributed by atoms with van der Waals surface area (Å²) < 4.78 is 0. The highest BCUT2D eigenvalue weighted by Crippen LogP contribution is 2.21. The fourth-order valence-electron chi connectivity index (χ4n) is 2.11. The lowest BCUT2D eigenvalue weighted by molar-refractivity contribution is -0.127. The molecule has 4 nitrogen and oxygen atoms in total. The first kappa shape index (κ1) is 9.93. The van der Waals surface area contributed by atoms with Crippen LogP contribution in [0.3, 0.4) is 0 Å². The fourth-order valence-corrected chi connectivity index (χ4v) is 2.11. The second kappa shape index (κ2) is 3.87. The Bertz CT molecular complexity index is 232. The van der Waals surface area contributed by atoms with Gasteiger partial charge in [0.25, 0.3) is 0 Å². The van der Waals surface area contributed by atoms with Crippen molar-refractivity contribution in [3.05, 3.63) is 0 Å². The number of likely N-dealkylation sites (tertiary alicyclic amines) is 1. The lowest BCUT2D eigenvalue weighted by Gasteiger charge is -2.34. The minimum Gasteiger partial charge on any atom is -0.392 e. The van der Waals surface area contributed by atoms with Crippen LogP contribution in [0.4, 0.5) is 0 Å². The summed E-state index contributed by atoms with van der Waals surface area (Å²) in [6.07, 6.45) is 3.43. The minimum atomic E-state index is -0.169. The molecular weight excluding hydrogens is 180 g/mol. The Hall–Kier alpha value is -0.610. The van der Waals surface area contributed by atoms with Gasteiger partial charge in [0.05, 0.1) is 6.10 Å². The van der Waals surface area contributed by atoms with Gasteiger partial charge in [-0.2, -0.15) is 0 Å². The fraction of sp³-hybridized carbons (Fsp3) is 0.900. The van der Waals surface area contributed by atoms with Crippen molar-refractivity contribution in [1.29, 1.82) is 0 Å². The number of rotatable bonds is 3. The number of likely N-dealkylation sites (N-methyl/N-ethyl adjacent to an activating group) is 1. The second-order valence-corrected chi connectivity index (χ2v) is 4.36. The highest BCUT2D eigenvalue weighted by Gasteiger charge is 2.32. The number of amides is 1. The molecule has 0 radical (unpaired) electrons. The third-order valence-corrected chi connectivity index (χ3v) is 3.49. The molecule has 1 aliphatic heterocycles. The van der Waals surface area contributed by atoms with E-state index in [1.54, 1.807) is 0 Å². The molecule has 0 aromatic heterocycles. The molecule has 2 rings (SSSR count). The van der Waals surface area contributed by atoms with E-state index in [4.69, 9.17) is 0 Å². The number of nitrogens with one attached hydrogen (secondary N) is 1. The number of aliphatic hydroxyl groups is 1. The Balaban J connectivity index is 1.73. The number of nitrogens with zero attached hydrogens (tertiary/aromatic N) is 1. The largest absolute Gasteiger partial charge is 0.392 e. The average molecular weight is 198 g/mol. The number of hydrogen-bond donors (Lipinski definition) is 2. The van der Waals surface area contributed by atoms with Crippen molar-refractivity contribution in [2.45, 2.75) is 43.9 Å². The van der Waals surface area contributed by atoms with Crippen LogP contribution in [0.5, 0.6) is 0 Å². The molecule has 3 atom stereocenters. The Morgan fingerprint density at radius 2 is 2.29 bits per heavy atom. The van der Waals surface area contributed by atoms with Crippen LogP contribution in [-0.4, -0.2) is 47.7 Å². The SMILES string of the molecule is CN1C(=O)CCC1CNC1CCC1O. The maximum Gasteiger partial charge on any atom is 0.222 e. The maximum atomic E-state index is 11.2. The predicted octanol–water partition coefficient (Wildman–Crippen LogP) is -0.280. The summed E-state index contributed by atoms with van der Waals surface area (Å²) in [5, 5.41) is 12.7. The van der Waals surface area contributed by atoms with Crippen LogP contribution in [0.2, 0.25) is 0 Å². The van der Waals surface area contributed by atoms with Crippen LogP contribution in [0.25, 0.3) is 0 Å². The molecule has 0 aromatic rings. The highest BCUT2D eigenvalue weighted by molar-refractivity contribution is 5.78. The van der Waals surface area contributed by atoms with E-state index >= 15 is 0 Å². The molecule has 1 amide bonds. The van der Waals surface area contributed by atoms with Crippen LogP contribution in [0.15, 0.2) is 0 Å². The first-order valence-corrected chi connectivity index (χ1v) is 5.35. The third kappa shape index (κ3) is 1.77. The van der Waals surface area contributed by atoms with E-state index in [0.717, 1.165) is 25.8 Å². The van der Waals surface area contributed by atoms with Gasteiger partial charge in [-0.1, -0.05) is 0 Å². The summed E-state index contributed by atoms with van der Waals surface area (Å²) in [6.45, 7) is 0.823. The van der Waals surface area contributed by atoms with Crippen molar-refractivity contribution in [2.75, 3.05) is 13.6 Å². The molecule has 14 heavy (non-hydrogen) atoms. The second-order valence-electron chi connectivity index (χ2n) is 4.36. The van der Waals surface area contributed by atoms with Gasteiger partial charge in [0.15, 0.2) is 0 Å². The topological polar surface area (TPSA) is 52.6 Å². The van der Waals surface area contributed by atoms with Crippen molar-refractivity contribution in [1.82, 2.24) is 10.2 Å². The van der Waals surface area contributed by atoms with Gasteiger partial charge in [0, 0.05) is 32.1 Å². The van der Waals surface area contributed by atoms with E-state index in [0.29, 0.717) is 12.5 Å². The van der Waals surface area contributed by atoms with Gasteiger partial charge in [0.1, 0.15) is 0 Å². The normalized spacial score (nSPS) is 37.4. The average Bonchev–Trinajstić information content (AvgIpc) is 2.47. The first-order valence-electron chi connectivity index (χ1n) is 5.35. The minimum absolute atomic E-state index is 0.169. The van der Waals surface area contributed by atoms with Gasteiger partial charge in [-0.15, -0.1) is 0 Å². The lowest BCUT2D eigenvalue weighted by atomic mass is 9.89. The first-order chi connectivity index (χ1) is 6.68. The smallest absolute Gasteiger partial charge is 0.222 e. The Morgan fingerprint density at radius 1 is 1.50 bits per heavy atom. The van der Waals surface area contributed by atoms with Gasteiger partial charge in [-0.3, -0.25) is 4.79 Å². The molecule has 0 aromatic carbocycles. The van der Waals surface area contributed by atoms with Gasteiger partial charge in [-0.05, 0) is 19.3 Å². The summed E-state index contributed by atoms with van der Waals surface area (Å²) in [5.74, 6) is 0.242. The van der Waals surface area contributed by atoms with Crippen molar-refractivity contribution >= 4 is 5.91 Å². The Morgan fingerprint density at radius 3 is 2.71 bits per heavy atom. The van der Waals surface area contributed by atoms with E-state index < -0.39 is 0 Å². The number of aliphatic hydroxyl groups excluding tert-OH is 1. The van der Waals surface area contributed by atoms with E-state index in [1.807, 2.05) is 11.9 Å².